The normalized spacial score (nSPS) is 21.0. The number of fused-ring (bicyclic) bond motifs is 1. The highest BCUT2D eigenvalue weighted by atomic mass is 32.2. The van der Waals surface area contributed by atoms with Gasteiger partial charge in [0.25, 0.3) is 0 Å². The number of benzene rings is 2. The maximum atomic E-state index is 13.5. The topological polar surface area (TPSA) is 70.2 Å². The molecule has 0 N–H and O–H groups in total. The third-order valence-corrected chi connectivity index (χ3v) is 10.4. The van der Waals surface area contributed by atoms with Gasteiger partial charge in [0, 0.05) is 37.1 Å². The molecule has 3 aromatic rings. The van der Waals surface area contributed by atoms with Gasteiger partial charge in [-0.1, -0.05) is 29.8 Å². The van der Waals surface area contributed by atoms with Crippen molar-refractivity contribution in [3.8, 4) is 5.75 Å². The van der Waals surface area contributed by atoms with Crippen LogP contribution in [0.2, 0.25) is 0 Å². The predicted molar refractivity (Wildman–Crippen MR) is 146 cm³/mol. The number of sulfonamides is 1. The molecule has 0 unspecified atom stereocenters. The molecule has 5 rings (SSSR count). The molecule has 2 aliphatic rings. The minimum atomic E-state index is -3.66. The molecule has 2 atom stereocenters. The van der Waals surface area contributed by atoms with Crippen LogP contribution in [0.5, 0.6) is 5.75 Å². The SMILES string of the molecule is COc1ccc(S(=O)(=O)N2CCN(C(=O)CN3CCc4sccc4[C@@H]3c3ccc(C)cc3)C[C@@H]2C)cc1. The lowest BCUT2D eigenvalue weighted by atomic mass is 9.92. The average Bonchev–Trinajstić information content (AvgIpc) is 3.38. The number of piperazine rings is 1. The molecule has 37 heavy (non-hydrogen) atoms. The van der Waals surface area contributed by atoms with Crippen molar-refractivity contribution >= 4 is 27.3 Å². The molecule has 1 saturated heterocycles. The van der Waals surface area contributed by atoms with Crippen molar-refractivity contribution < 1.29 is 17.9 Å². The summed E-state index contributed by atoms with van der Waals surface area (Å²) in [4.78, 5) is 19.2. The average molecular weight is 540 g/mol. The molecular formula is C28H33N3O4S2. The van der Waals surface area contributed by atoms with E-state index in [2.05, 4.69) is 47.5 Å². The van der Waals surface area contributed by atoms with Crippen LogP contribution in [0.1, 0.15) is 34.5 Å². The number of hydrogen-bond donors (Lipinski definition) is 0. The quantitative estimate of drug-likeness (QED) is 0.475. The third-order valence-electron chi connectivity index (χ3n) is 7.38. The van der Waals surface area contributed by atoms with Gasteiger partial charge in [0.2, 0.25) is 15.9 Å². The molecule has 7 nitrogen and oxygen atoms in total. The van der Waals surface area contributed by atoms with Crippen molar-refractivity contribution in [3.05, 3.63) is 81.5 Å². The van der Waals surface area contributed by atoms with E-state index in [1.165, 1.54) is 25.9 Å². The van der Waals surface area contributed by atoms with E-state index in [4.69, 9.17) is 4.74 Å². The van der Waals surface area contributed by atoms with Gasteiger partial charge in [0.15, 0.2) is 0 Å². The minimum Gasteiger partial charge on any atom is -0.497 e. The summed E-state index contributed by atoms with van der Waals surface area (Å²) in [6, 6.07) is 16.9. The molecule has 1 fully saturated rings. The van der Waals surface area contributed by atoms with Crippen molar-refractivity contribution in [2.75, 3.05) is 39.8 Å². The summed E-state index contributed by atoms with van der Waals surface area (Å²) < 4.78 is 33.2. The number of amides is 1. The van der Waals surface area contributed by atoms with Crippen LogP contribution < -0.4 is 4.74 Å². The number of carbonyl (C=O) groups is 1. The second-order valence-electron chi connectivity index (χ2n) is 9.81. The molecule has 1 aromatic heterocycles. The van der Waals surface area contributed by atoms with Crippen LogP contribution in [0.25, 0.3) is 0 Å². The molecule has 0 radical (unpaired) electrons. The molecule has 2 aliphatic heterocycles. The van der Waals surface area contributed by atoms with E-state index in [0.29, 0.717) is 25.4 Å². The molecule has 0 bridgehead atoms. The van der Waals surface area contributed by atoms with E-state index in [-0.39, 0.29) is 29.4 Å². The summed E-state index contributed by atoms with van der Waals surface area (Å²) in [5, 5.41) is 2.14. The second-order valence-corrected chi connectivity index (χ2v) is 12.7. The van der Waals surface area contributed by atoms with Gasteiger partial charge in [-0.15, -0.1) is 11.3 Å². The molecule has 0 saturated carbocycles. The summed E-state index contributed by atoms with van der Waals surface area (Å²) in [6.45, 7) is 6.11. The summed E-state index contributed by atoms with van der Waals surface area (Å²) in [6.07, 6.45) is 0.937. The lowest BCUT2D eigenvalue weighted by Crippen LogP contribution is -2.57. The van der Waals surface area contributed by atoms with Crippen LogP contribution in [0.3, 0.4) is 0 Å². The fourth-order valence-electron chi connectivity index (χ4n) is 5.36. The first-order valence-electron chi connectivity index (χ1n) is 12.6. The number of thiophene rings is 1. The second kappa shape index (κ2) is 10.6. The van der Waals surface area contributed by atoms with E-state index in [9.17, 15) is 13.2 Å². The molecule has 9 heteroatoms. The van der Waals surface area contributed by atoms with Crippen molar-refractivity contribution in [1.29, 1.82) is 0 Å². The minimum absolute atomic E-state index is 0.0455. The monoisotopic (exact) mass is 539 g/mol. The van der Waals surface area contributed by atoms with E-state index >= 15 is 0 Å². The number of nitrogens with zero attached hydrogens (tertiary/aromatic N) is 3. The van der Waals surface area contributed by atoms with Gasteiger partial charge in [0.1, 0.15) is 5.75 Å². The number of carbonyl (C=O) groups excluding carboxylic acids is 1. The lowest BCUT2D eigenvalue weighted by molar-refractivity contribution is -0.135. The summed E-state index contributed by atoms with van der Waals surface area (Å²) in [5.41, 5.74) is 3.70. The summed E-state index contributed by atoms with van der Waals surface area (Å²) in [7, 11) is -2.11. The number of hydrogen-bond acceptors (Lipinski definition) is 6. The largest absolute Gasteiger partial charge is 0.497 e. The molecule has 196 valence electrons. The maximum absolute atomic E-state index is 13.5. The van der Waals surface area contributed by atoms with Gasteiger partial charge in [-0.25, -0.2) is 8.42 Å². The first-order chi connectivity index (χ1) is 17.8. The number of rotatable bonds is 6. The van der Waals surface area contributed by atoms with Gasteiger partial charge in [-0.3, -0.25) is 9.69 Å². The highest BCUT2D eigenvalue weighted by molar-refractivity contribution is 7.89. The fourth-order valence-corrected chi connectivity index (χ4v) is 7.88. The Morgan fingerprint density at radius 2 is 1.76 bits per heavy atom. The van der Waals surface area contributed by atoms with Gasteiger partial charge in [0.05, 0.1) is 24.6 Å². The predicted octanol–water partition coefficient (Wildman–Crippen LogP) is 3.93. The molecule has 2 aromatic carbocycles. The van der Waals surface area contributed by atoms with E-state index in [1.807, 2.05) is 11.8 Å². The Bertz CT molecular complexity index is 1350. The van der Waals surface area contributed by atoms with Crippen LogP contribution in [0.4, 0.5) is 0 Å². The van der Waals surface area contributed by atoms with Gasteiger partial charge in [-0.2, -0.15) is 4.31 Å². The molecule has 0 aliphatic carbocycles. The lowest BCUT2D eigenvalue weighted by Gasteiger charge is -2.41. The van der Waals surface area contributed by atoms with Crippen LogP contribution in [-0.2, 0) is 21.2 Å². The zero-order valence-electron chi connectivity index (χ0n) is 21.5. The van der Waals surface area contributed by atoms with E-state index < -0.39 is 10.0 Å². The number of methoxy groups -OCH3 is 1. The molecular weight excluding hydrogens is 506 g/mol. The van der Waals surface area contributed by atoms with Crippen LogP contribution >= 0.6 is 11.3 Å². The first-order valence-corrected chi connectivity index (χ1v) is 14.9. The third kappa shape index (κ3) is 5.18. The Balaban J connectivity index is 1.29. The van der Waals surface area contributed by atoms with Crippen molar-refractivity contribution in [1.82, 2.24) is 14.1 Å². The Kier molecular flexibility index (Phi) is 7.40. The Morgan fingerprint density at radius 3 is 2.43 bits per heavy atom. The standard InChI is InChI=1S/C28H33N3O4S2/c1-20-4-6-22(7-5-20)28-25-13-17-36-26(25)12-14-30(28)19-27(32)29-15-16-31(21(2)18-29)37(33,34)24-10-8-23(35-3)9-11-24/h4-11,13,17,21,28H,12,14-16,18-19H2,1-3H3/t21-,28-/m0/s1. The van der Waals surface area contributed by atoms with Crippen molar-refractivity contribution in [2.45, 2.75) is 37.2 Å². The van der Waals surface area contributed by atoms with Crippen molar-refractivity contribution in [3.63, 3.8) is 0 Å². The van der Waals surface area contributed by atoms with E-state index in [1.54, 1.807) is 42.7 Å². The summed E-state index contributed by atoms with van der Waals surface area (Å²) >= 11 is 1.79. The molecule has 1 amide bonds. The summed E-state index contributed by atoms with van der Waals surface area (Å²) in [5.74, 6) is 0.655. The highest BCUT2D eigenvalue weighted by Gasteiger charge is 2.37. The first kappa shape index (κ1) is 25.9. The maximum Gasteiger partial charge on any atom is 0.243 e. The number of aryl methyl sites for hydroxylation is 1. The highest BCUT2D eigenvalue weighted by Crippen LogP contribution is 2.37. The van der Waals surface area contributed by atoms with Crippen molar-refractivity contribution in [2.24, 2.45) is 0 Å². The number of ether oxygens (including phenoxy) is 1. The Morgan fingerprint density at radius 1 is 1.03 bits per heavy atom. The van der Waals surface area contributed by atoms with Gasteiger partial charge in [-0.05, 0) is 67.1 Å². The fraction of sp³-hybridized carbons (Fsp3) is 0.393. The molecule has 3 heterocycles. The zero-order chi connectivity index (χ0) is 26.2. The van der Waals surface area contributed by atoms with Crippen LogP contribution in [0, 0.1) is 6.92 Å². The van der Waals surface area contributed by atoms with Crippen LogP contribution in [-0.4, -0.2) is 74.3 Å². The smallest absolute Gasteiger partial charge is 0.243 e. The van der Waals surface area contributed by atoms with Crippen LogP contribution in [0.15, 0.2) is 64.9 Å². The van der Waals surface area contributed by atoms with Gasteiger partial charge >= 0.3 is 0 Å². The van der Waals surface area contributed by atoms with Gasteiger partial charge < -0.3 is 9.64 Å². The zero-order valence-corrected chi connectivity index (χ0v) is 23.1. The Hall–Kier alpha value is -2.72. The molecule has 0 spiro atoms. The Labute approximate surface area is 223 Å². The van der Waals surface area contributed by atoms with E-state index in [0.717, 1.165) is 13.0 Å².